The van der Waals surface area contributed by atoms with Crippen LogP contribution in [0.1, 0.15) is 92.4 Å². The second-order valence-electron chi connectivity index (χ2n) is 24.0. The Kier molecular flexibility index (Phi) is 15.4. The maximum Gasteiger partial charge on any atom is 0.235 e. The van der Waals surface area contributed by atoms with Crippen LogP contribution in [-0.4, -0.2) is 107 Å². The molecule has 0 bridgehead atoms. The highest BCUT2D eigenvalue weighted by Gasteiger charge is 2.44. The second-order valence-corrected chi connectivity index (χ2v) is 25.1. The summed E-state index contributed by atoms with van der Waals surface area (Å²) in [4.78, 5) is 89.8. The first-order valence-corrected chi connectivity index (χ1v) is 30.1. The number of carbonyl (C=O) groups is 3. The number of amides is 3. The molecule has 0 unspecified atom stereocenters. The van der Waals surface area contributed by atoms with Crippen LogP contribution in [0.15, 0.2) is 79.4 Å². The zero-order valence-corrected chi connectivity index (χ0v) is 53.8. The number of aromatic nitrogens is 18. The quantitative estimate of drug-likeness (QED) is 0.0593. The first-order valence-electron chi connectivity index (χ1n) is 29.1. The van der Waals surface area contributed by atoms with Crippen molar-refractivity contribution in [1.29, 1.82) is 0 Å². The Balaban J connectivity index is 0.000000129. The molecule has 0 saturated heterocycles. The molecule has 0 radical (unpaired) electrons. The number of aryl methyl sites for hydroxylation is 3. The normalized spacial score (nSPS) is 14.6. The number of rotatable bonds is 9. The van der Waals surface area contributed by atoms with Crippen molar-refractivity contribution in [1.82, 2.24) is 89.1 Å². The molecule has 12 aromatic rings. The third-order valence-corrected chi connectivity index (χ3v) is 17.2. The number of fused-ring (bicyclic) bond motifs is 6. The molecule has 3 amide bonds. The molecule has 0 spiro atoms. The predicted molar refractivity (Wildman–Crippen MR) is 342 cm³/mol. The van der Waals surface area contributed by atoms with E-state index in [-0.39, 0.29) is 77.3 Å². The van der Waals surface area contributed by atoms with Crippen molar-refractivity contribution in [2.24, 2.45) is 0 Å². The highest BCUT2D eigenvalue weighted by atomic mass is 127. The summed E-state index contributed by atoms with van der Waals surface area (Å²) >= 11 is 2.08. The fourth-order valence-electron chi connectivity index (χ4n) is 11.1. The van der Waals surface area contributed by atoms with Crippen LogP contribution in [-0.2, 0) is 50.3 Å². The average molecular weight is 1410 g/mol. The summed E-state index contributed by atoms with van der Waals surface area (Å²) in [6, 6.07) is 11.9. The van der Waals surface area contributed by atoms with Crippen molar-refractivity contribution >= 4 is 96.7 Å². The van der Waals surface area contributed by atoms with Crippen LogP contribution in [0, 0.1) is 59.4 Å². The maximum absolute atomic E-state index is 14.3. The number of hydrogen-bond donors (Lipinski definition) is 4. The van der Waals surface area contributed by atoms with Gasteiger partial charge in [-0.2, -0.15) is 15.3 Å². The number of benzene rings is 3. The van der Waals surface area contributed by atoms with E-state index in [1.807, 2.05) is 13.8 Å². The Bertz CT molecular complexity index is 5050. The lowest BCUT2D eigenvalue weighted by Crippen LogP contribution is -2.27. The lowest BCUT2D eigenvalue weighted by Gasteiger charge is -2.15. The molecular formula is C63H51F6IN22O3. The van der Waals surface area contributed by atoms with E-state index in [1.165, 1.54) is 50.4 Å². The van der Waals surface area contributed by atoms with Crippen molar-refractivity contribution in [3.8, 4) is 34.6 Å². The first-order chi connectivity index (χ1) is 45.1. The maximum atomic E-state index is 14.3. The van der Waals surface area contributed by atoms with Crippen LogP contribution in [0.25, 0.3) is 67.7 Å². The molecule has 0 aliphatic carbocycles. The molecule has 0 atom stereocenters. The third kappa shape index (κ3) is 11.0. The molecule has 95 heavy (non-hydrogen) atoms. The molecule has 12 heterocycles. The number of nitrogens with two attached hydrogens (primary N) is 1. The lowest BCUT2D eigenvalue weighted by molar-refractivity contribution is -0.120. The average Bonchev–Trinajstić information content (AvgIpc) is 1.62. The third-order valence-electron chi connectivity index (χ3n) is 16.4. The van der Waals surface area contributed by atoms with Gasteiger partial charge in [-0.05, 0) is 103 Å². The van der Waals surface area contributed by atoms with Gasteiger partial charge in [0.15, 0.2) is 69.3 Å². The Morgan fingerprint density at radius 3 is 1.23 bits per heavy atom. The molecule has 3 aliphatic heterocycles. The van der Waals surface area contributed by atoms with Gasteiger partial charge in [0.25, 0.3) is 0 Å². The Hall–Kier alpha value is -10.9. The zero-order chi connectivity index (χ0) is 67.5. The van der Waals surface area contributed by atoms with Gasteiger partial charge < -0.3 is 21.7 Å². The largest absolute Gasteiger partial charge is 0.383 e. The molecule has 0 fully saturated rings. The van der Waals surface area contributed by atoms with Gasteiger partial charge in [-0.15, -0.1) is 0 Å². The fraction of sp³-hybridized carbons (Fsp3) is 0.238. The minimum absolute atomic E-state index is 0.0365. The number of nitrogens with zero attached hydrogens (tertiary/aromatic N) is 18. The summed E-state index contributed by atoms with van der Waals surface area (Å²) in [6.45, 7) is 15.7. The molecule has 0 saturated carbocycles. The van der Waals surface area contributed by atoms with E-state index in [0.29, 0.717) is 99.9 Å². The van der Waals surface area contributed by atoms with Crippen molar-refractivity contribution < 1.29 is 40.7 Å². The van der Waals surface area contributed by atoms with E-state index >= 15 is 0 Å². The van der Waals surface area contributed by atoms with Gasteiger partial charge >= 0.3 is 0 Å². The van der Waals surface area contributed by atoms with Gasteiger partial charge in [-0.1, -0.05) is 36.4 Å². The summed E-state index contributed by atoms with van der Waals surface area (Å²) in [5.41, 5.74) is 8.53. The van der Waals surface area contributed by atoms with Crippen LogP contribution in [0.4, 0.5) is 49.6 Å². The number of carbonyl (C=O) groups excluding carboxylic acids is 3. The molecule has 480 valence electrons. The first kappa shape index (κ1) is 62.9. The van der Waals surface area contributed by atoms with Crippen molar-refractivity contribution in [3.05, 3.63) is 169 Å². The standard InChI is InChI=1S/C21H16F2IN7O.C21H18F2N8O.C21H17F2N7O/c2*1-9-25-7-11-15(18-27-16(24)13-17(28-18)29-20(32)21(13,2)3)30-31(19(11)26-9)8-10-5-4-6-12(22)14(10)23;1-10-24-7-12-16(18-25-8-13-17(27-18)28-20(31)21(13,2)3)29-30(19(12)26-10)9-11-5-4-6-14(22)15(11)23/h4-7H,8H2,1-3H3,(H,27,28,29,32);4-7H,8H2,1-3H3,(H3,24,27,28,29,32);4-8H,9H2,1-3H3,(H,25,27,28,31). The Morgan fingerprint density at radius 1 is 0.442 bits per heavy atom. The topological polar surface area (TPSA) is 321 Å². The highest BCUT2D eigenvalue weighted by molar-refractivity contribution is 14.1. The Labute approximate surface area is 547 Å². The highest BCUT2D eigenvalue weighted by Crippen LogP contribution is 2.43. The van der Waals surface area contributed by atoms with E-state index < -0.39 is 51.1 Å². The number of halogens is 7. The van der Waals surface area contributed by atoms with Gasteiger partial charge in [-0.3, -0.25) is 14.4 Å². The number of nitrogens with one attached hydrogen (secondary N) is 3. The second kappa shape index (κ2) is 23.3. The molecule has 3 aromatic carbocycles. The summed E-state index contributed by atoms with van der Waals surface area (Å²) in [5, 5.41) is 23.6. The van der Waals surface area contributed by atoms with Crippen LogP contribution < -0.4 is 21.7 Å². The van der Waals surface area contributed by atoms with Gasteiger partial charge in [0.2, 0.25) is 17.7 Å². The van der Waals surface area contributed by atoms with Gasteiger partial charge in [0.1, 0.15) is 61.5 Å². The lowest BCUT2D eigenvalue weighted by atomic mass is 9.87. The van der Waals surface area contributed by atoms with Crippen LogP contribution in [0.3, 0.4) is 0 Å². The Morgan fingerprint density at radius 2 is 0.800 bits per heavy atom. The molecule has 15 rings (SSSR count). The van der Waals surface area contributed by atoms with Gasteiger partial charge in [0, 0.05) is 52.6 Å². The molecular weight excluding hydrogens is 1350 g/mol. The van der Waals surface area contributed by atoms with Gasteiger partial charge in [-0.25, -0.2) is 100 Å². The summed E-state index contributed by atoms with van der Waals surface area (Å²) < 4.78 is 88.9. The van der Waals surface area contributed by atoms with Gasteiger partial charge in [0.05, 0.1) is 57.6 Å². The molecule has 3 aliphatic rings. The summed E-state index contributed by atoms with van der Waals surface area (Å²) in [7, 11) is 0. The molecule has 9 aromatic heterocycles. The van der Waals surface area contributed by atoms with Crippen molar-refractivity contribution in [2.75, 3.05) is 21.7 Å². The minimum Gasteiger partial charge on any atom is -0.383 e. The molecule has 25 nitrogen and oxygen atoms in total. The van der Waals surface area contributed by atoms with E-state index in [9.17, 15) is 40.7 Å². The fourth-order valence-corrected chi connectivity index (χ4v) is 12.3. The van der Waals surface area contributed by atoms with Crippen LogP contribution >= 0.6 is 22.6 Å². The predicted octanol–water partition coefficient (Wildman–Crippen LogP) is 9.63. The summed E-state index contributed by atoms with van der Waals surface area (Å²) in [5.74, 6) is -2.66. The van der Waals surface area contributed by atoms with E-state index in [0.717, 1.165) is 23.8 Å². The van der Waals surface area contributed by atoms with E-state index in [1.54, 1.807) is 73.3 Å². The monoisotopic (exact) mass is 1400 g/mol. The molecule has 5 N–H and O–H groups in total. The van der Waals surface area contributed by atoms with E-state index in [4.69, 9.17) is 5.73 Å². The minimum atomic E-state index is -0.952. The smallest absolute Gasteiger partial charge is 0.235 e. The number of nitrogen functional groups attached to an aromatic ring is 1. The summed E-state index contributed by atoms with van der Waals surface area (Å²) in [6.07, 6.45) is 6.36. The number of hydrogen-bond acceptors (Lipinski definition) is 19. The van der Waals surface area contributed by atoms with E-state index in [2.05, 4.69) is 114 Å². The van der Waals surface area contributed by atoms with Crippen molar-refractivity contribution in [2.45, 2.75) is 98.2 Å². The molecule has 32 heteroatoms. The SMILES string of the molecule is Cc1ncc2c(-c3nc(I)c4c(n3)NC(=O)C4(C)C)nn(Cc3cccc(F)c3F)c2n1.Cc1ncc2c(-c3nc(N)c4c(n3)NC(=O)C4(C)C)nn(Cc3cccc(F)c3F)c2n1.Cc1ncc2c(-c3ncc4c(n3)NC(=O)C4(C)C)nn(Cc3cccc(F)c3F)c2n1. The van der Waals surface area contributed by atoms with Crippen molar-refractivity contribution in [3.63, 3.8) is 0 Å². The zero-order valence-electron chi connectivity index (χ0n) is 51.6. The van der Waals surface area contributed by atoms with Crippen LogP contribution in [0.2, 0.25) is 0 Å². The van der Waals surface area contributed by atoms with Crippen LogP contribution in [0.5, 0.6) is 0 Å². The number of anilines is 4.